The van der Waals surface area contributed by atoms with Crippen LogP contribution in [-0.2, 0) is 16.2 Å². The fourth-order valence-corrected chi connectivity index (χ4v) is 4.45. The van der Waals surface area contributed by atoms with E-state index in [1.807, 2.05) is 0 Å². The molecule has 28 heavy (non-hydrogen) atoms. The van der Waals surface area contributed by atoms with Crippen LogP contribution in [0.2, 0.25) is 0 Å². The van der Waals surface area contributed by atoms with Crippen molar-refractivity contribution in [1.82, 2.24) is 4.31 Å². The summed E-state index contributed by atoms with van der Waals surface area (Å²) >= 11 is 4.15. The van der Waals surface area contributed by atoms with Crippen molar-refractivity contribution in [3.05, 3.63) is 59.7 Å². The maximum atomic E-state index is 12.1. The Morgan fingerprint density at radius 3 is 2.18 bits per heavy atom. The molecule has 152 valence electrons. The lowest BCUT2D eigenvalue weighted by atomic mass is 10.1. The molecule has 1 fully saturated rings. The van der Waals surface area contributed by atoms with Gasteiger partial charge in [0.25, 0.3) is 0 Å². The van der Waals surface area contributed by atoms with Gasteiger partial charge in [0.2, 0.25) is 15.9 Å². The first-order valence-corrected chi connectivity index (χ1v) is 10.2. The zero-order valence-corrected chi connectivity index (χ0v) is 16.4. The van der Waals surface area contributed by atoms with E-state index >= 15 is 0 Å². The van der Waals surface area contributed by atoms with Gasteiger partial charge in [0.1, 0.15) is 0 Å². The number of primary amides is 1. The first-order valence-electron chi connectivity index (χ1n) is 8.28. The van der Waals surface area contributed by atoms with Crippen LogP contribution in [0.5, 0.6) is 0 Å². The molecule has 0 spiro atoms. The molecule has 3 rings (SSSR count). The summed E-state index contributed by atoms with van der Waals surface area (Å²) in [6.07, 6.45) is -2.52. The number of thiol groups is 1. The summed E-state index contributed by atoms with van der Waals surface area (Å²) in [5, 5.41) is 0. The molecule has 1 heterocycles. The van der Waals surface area contributed by atoms with Crippen molar-refractivity contribution >= 4 is 28.6 Å². The number of alkyl halides is 3. The van der Waals surface area contributed by atoms with Crippen LogP contribution in [0.25, 0.3) is 0 Å². The molecule has 1 aliphatic heterocycles. The lowest BCUT2D eigenvalue weighted by Crippen LogP contribution is -2.27. The quantitative estimate of drug-likeness (QED) is 0.728. The Morgan fingerprint density at radius 1 is 1.04 bits per heavy atom. The molecule has 0 aromatic heterocycles. The predicted molar refractivity (Wildman–Crippen MR) is 102 cm³/mol. The number of nitrogens with zero attached hydrogens (tertiary/aromatic N) is 1. The first-order chi connectivity index (χ1) is 13.0. The van der Waals surface area contributed by atoms with Gasteiger partial charge in [0.15, 0.2) is 0 Å². The third-order valence-electron chi connectivity index (χ3n) is 3.99. The van der Waals surface area contributed by atoms with Crippen LogP contribution in [0.3, 0.4) is 0 Å². The van der Waals surface area contributed by atoms with Crippen LogP contribution >= 0.6 is 12.6 Å². The van der Waals surface area contributed by atoms with Crippen molar-refractivity contribution in [2.45, 2.75) is 28.8 Å². The highest BCUT2D eigenvalue weighted by Crippen LogP contribution is 2.29. The van der Waals surface area contributed by atoms with Gasteiger partial charge in [-0.1, -0.05) is 12.1 Å². The number of rotatable bonds is 3. The molecule has 10 heteroatoms. The van der Waals surface area contributed by atoms with Crippen LogP contribution in [0.1, 0.15) is 28.8 Å². The fourth-order valence-electron chi connectivity index (χ4n) is 2.57. The van der Waals surface area contributed by atoms with E-state index in [-0.39, 0.29) is 5.56 Å². The Hall–Kier alpha value is -2.04. The van der Waals surface area contributed by atoms with E-state index in [1.54, 1.807) is 24.3 Å². The molecule has 0 aliphatic carbocycles. The van der Waals surface area contributed by atoms with E-state index in [2.05, 4.69) is 12.6 Å². The van der Waals surface area contributed by atoms with Crippen molar-refractivity contribution < 1.29 is 26.4 Å². The van der Waals surface area contributed by atoms with E-state index in [9.17, 15) is 26.4 Å². The van der Waals surface area contributed by atoms with Gasteiger partial charge >= 0.3 is 6.18 Å². The number of benzene rings is 2. The number of amides is 1. The smallest absolute Gasteiger partial charge is 0.366 e. The van der Waals surface area contributed by atoms with E-state index in [4.69, 9.17) is 5.73 Å². The minimum atomic E-state index is -4.44. The Morgan fingerprint density at radius 2 is 1.64 bits per heavy atom. The van der Waals surface area contributed by atoms with Crippen molar-refractivity contribution in [3.8, 4) is 0 Å². The van der Waals surface area contributed by atoms with Gasteiger partial charge in [-0.25, -0.2) is 8.42 Å². The summed E-state index contributed by atoms with van der Waals surface area (Å²) in [7, 11) is -3.28. The zero-order valence-electron chi connectivity index (χ0n) is 14.7. The molecular formula is C18H19F3N2O3S2. The van der Waals surface area contributed by atoms with Crippen LogP contribution in [0.4, 0.5) is 13.2 Å². The first kappa shape index (κ1) is 22.3. The molecular weight excluding hydrogens is 413 g/mol. The van der Waals surface area contributed by atoms with E-state index in [1.165, 1.54) is 10.4 Å². The standard InChI is InChI=1S/C10H13NO2S2.C8H6F3NO/c12-15(13,11-6-1-2-7-11)10-5-3-4-9(14)8-10;9-8(10,11)6-3-1-2-5(4-6)7(12)13/h3-5,8,14H,1-2,6-7H2;1-4H,(H2,12,13). The van der Waals surface area contributed by atoms with Crippen LogP contribution in [0.15, 0.2) is 58.3 Å². The lowest BCUT2D eigenvalue weighted by molar-refractivity contribution is -0.137. The van der Waals surface area contributed by atoms with Crippen molar-refractivity contribution in [2.24, 2.45) is 5.73 Å². The number of sulfonamides is 1. The number of hydrogen-bond donors (Lipinski definition) is 2. The average Bonchev–Trinajstić information content (AvgIpc) is 3.17. The number of carbonyl (C=O) groups excluding carboxylic acids is 1. The third kappa shape index (κ3) is 5.73. The summed E-state index contributed by atoms with van der Waals surface area (Å²) in [4.78, 5) is 11.6. The molecule has 5 nitrogen and oxygen atoms in total. The van der Waals surface area contributed by atoms with Gasteiger partial charge in [-0.2, -0.15) is 17.5 Å². The maximum absolute atomic E-state index is 12.1. The van der Waals surface area contributed by atoms with Crippen LogP contribution in [-0.4, -0.2) is 31.7 Å². The molecule has 1 saturated heterocycles. The molecule has 0 saturated carbocycles. The largest absolute Gasteiger partial charge is 0.416 e. The van der Waals surface area contributed by atoms with Gasteiger partial charge < -0.3 is 5.73 Å². The van der Waals surface area contributed by atoms with Crippen LogP contribution in [0, 0.1) is 0 Å². The number of carbonyl (C=O) groups is 1. The van der Waals surface area contributed by atoms with E-state index in [0.29, 0.717) is 22.9 Å². The topological polar surface area (TPSA) is 80.5 Å². The highest BCUT2D eigenvalue weighted by molar-refractivity contribution is 7.89. The Labute approximate surface area is 166 Å². The second-order valence-electron chi connectivity index (χ2n) is 6.05. The van der Waals surface area contributed by atoms with Gasteiger partial charge in [0.05, 0.1) is 10.5 Å². The van der Waals surface area contributed by atoms with Gasteiger partial charge in [0, 0.05) is 23.5 Å². The molecule has 2 aromatic rings. The Balaban J connectivity index is 0.000000203. The molecule has 1 aliphatic rings. The predicted octanol–water partition coefficient (Wildman–Crippen LogP) is 3.56. The monoisotopic (exact) mass is 432 g/mol. The Bertz CT molecular complexity index is 941. The molecule has 0 bridgehead atoms. The molecule has 2 aromatic carbocycles. The van der Waals surface area contributed by atoms with Crippen LogP contribution < -0.4 is 5.73 Å². The Kier molecular flexibility index (Phi) is 7.13. The van der Waals surface area contributed by atoms with Gasteiger partial charge in [-0.05, 0) is 49.2 Å². The zero-order chi connectivity index (χ0) is 20.9. The minimum absolute atomic E-state index is 0.144. The van der Waals surface area contributed by atoms with E-state index < -0.39 is 27.7 Å². The highest BCUT2D eigenvalue weighted by Gasteiger charge is 2.30. The second-order valence-corrected chi connectivity index (χ2v) is 8.51. The summed E-state index contributed by atoms with van der Waals surface area (Å²) in [6, 6.07) is 10.7. The normalized spacial score (nSPS) is 15.0. The molecule has 1 amide bonds. The van der Waals surface area contributed by atoms with Gasteiger partial charge in [-0.15, -0.1) is 12.6 Å². The van der Waals surface area contributed by atoms with Crippen molar-refractivity contribution in [3.63, 3.8) is 0 Å². The van der Waals surface area contributed by atoms with Gasteiger partial charge in [-0.3, -0.25) is 4.79 Å². The average molecular weight is 432 g/mol. The van der Waals surface area contributed by atoms with Crippen molar-refractivity contribution in [1.29, 1.82) is 0 Å². The molecule has 0 radical (unpaired) electrons. The molecule has 0 unspecified atom stereocenters. The third-order valence-corrected chi connectivity index (χ3v) is 6.17. The number of halogens is 3. The molecule has 2 N–H and O–H groups in total. The lowest BCUT2D eigenvalue weighted by Gasteiger charge is -2.15. The van der Waals surface area contributed by atoms with E-state index in [0.717, 1.165) is 31.0 Å². The second kappa shape index (κ2) is 8.97. The summed E-state index contributed by atoms with van der Waals surface area (Å²) < 4.78 is 61.9. The summed E-state index contributed by atoms with van der Waals surface area (Å²) in [5.41, 5.74) is 3.80. The SMILES string of the molecule is NC(=O)c1cccc(C(F)(F)F)c1.O=S(=O)(c1cccc(S)c1)N1CCCC1. The fraction of sp³-hybridized carbons (Fsp3) is 0.278. The minimum Gasteiger partial charge on any atom is -0.366 e. The summed E-state index contributed by atoms with van der Waals surface area (Å²) in [6.45, 7) is 1.28. The highest BCUT2D eigenvalue weighted by atomic mass is 32.2. The summed E-state index contributed by atoms with van der Waals surface area (Å²) in [5.74, 6) is -0.869. The number of hydrogen-bond acceptors (Lipinski definition) is 4. The maximum Gasteiger partial charge on any atom is 0.416 e. The number of nitrogens with two attached hydrogens (primary N) is 1. The molecule has 0 atom stereocenters. The van der Waals surface area contributed by atoms with Crippen molar-refractivity contribution in [2.75, 3.05) is 13.1 Å².